The van der Waals surface area contributed by atoms with Crippen LogP contribution in [0.1, 0.15) is 5.56 Å². The van der Waals surface area contributed by atoms with E-state index in [1.54, 1.807) is 6.07 Å². The molecule has 92 valence electrons. The number of hydrogen-bond acceptors (Lipinski definition) is 2. The van der Waals surface area contributed by atoms with Crippen LogP contribution in [0.3, 0.4) is 0 Å². The predicted molar refractivity (Wildman–Crippen MR) is 76.3 cm³/mol. The van der Waals surface area contributed by atoms with Crippen LogP contribution in [0.25, 0.3) is 0 Å². The maximum atomic E-state index is 10.7. The van der Waals surface area contributed by atoms with Gasteiger partial charge in [-0.3, -0.25) is 0 Å². The molecule has 2 aromatic carbocycles. The minimum atomic E-state index is -0.945. The van der Waals surface area contributed by atoms with Crippen LogP contribution < -0.4 is 9.67 Å². The fourth-order valence-electron chi connectivity index (χ4n) is 1.49. The van der Waals surface area contributed by atoms with Crippen molar-refractivity contribution in [2.24, 2.45) is 0 Å². The molecule has 0 aromatic heterocycles. The quantitative estimate of drug-likeness (QED) is 0.864. The standard InChI is InChI=1S/C13H10AsCl2NO/c15-12-6-1-9(7-13(12)16)8-17-11-4-2-10(14-18)3-5-11/h1-7,17H,8H2. The second-order valence-corrected chi connectivity index (χ2v) is 6.02. The van der Waals surface area contributed by atoms with E-state index in [1.165, 1.54) is 0 Å². The van der Waals surface area contributed by atoms with Crippen molar-refractivity contribution in [1.29, 1.82) is 0 Å². The van der Waals surface area contributed by atoms with Gasteiger partial charge < -0.3 is 0 Å². The van der Waals surface area contributed by atoms with Crippen LogP contribution >= 0.6 is 23.2 Å². The van der Waals surface area contributed by atoms with Crippen LogP contribution in [0.15, 0.2) is 42.5 Å². The summed E-state index contributed by atoms with van der Waals surface area (Å²) in [6.07, 6.45) is 0. The molecule has 0 amide bonds. The Morgan fingerprint density at radius 3 is 2.33 bits per heavy atom. The summed E-state index contributed by atoms with van der Waals surface area (Å²) in [5.74, 6) is 0. The fraction of sp³-hybridized carbons (Fsp3) is 0.0769. The molecule has 0 aliphatic heterocycles. The zero-order valence-electron chi connectivity index (χ0n) is 9.36. The molecule has 2 nitrogen and oxygen atoms in total. The van der Waals surface area contributed by atoms with Crippen LogP contribution in [0.5, 0.6) is 0 Å². The van der Waals surface area contributed by atoms with Crippen molar-refractivity contribution in [2.75, 3.05) is 5.32 Å². The van der Waals surface area contributed by atoms with Crippen LogP contribution in [0, 0.1) is 0 Å². The van der Waals surface area contributed by atoms with E-state index in [4.69, 9.17) is 23.2 Å². The summed E-state index contributed by atoms with van der Waals surface area (Å²) in [6.45, 7) is 0.668. The predicted octanol–water partition coefficient (Wildman–Crippen LogP) is 3.28. The van der Waals surface area contributed by atoms with E-state index in [2.05, 4.69) is 5.32 Å². The number of rotatable bonds is 4. The van der Waals surface area contributed by atoms with E-state index >= 15 is 0 Å². The number of anilines is 1. The fourth-order valence-corrected chi connectivity index (χ4v) is 2.38. The molecule has 18 heavy (non-hydrogen) atoms. The molecule has 2 rings (SSSR count). The molecule has 0 aliphatic rings. The summed E-state index contributed by atoms with van der Waals surface area (Å²) in [7, 11) is 0. The van der Waals surface area contributed by atoms with Crippen molar-refractivity contribution in [1.82, 2.24) is 0 Å². The zero-order valence-corrected chi connectivity index (χ0v) is 12.7. The average Bonchev–Trinajstić information content (AvgIpc) is 2.41. The van der Waals surface area contributed by atoms with E-state index < -0.39 is 15.7 Å². The molecule has 0 saturated carbocycles. The Labute approximate surface area is 122 Å². The van der Waals surface area contributed by atoms with Gasteiger partial charge in [0.2, 0.25) is 0 Å². The molecule has 0 bridgehead atoms. The first-order valence-corrected chi connectivity index (χ1v) is 7.76. The third kappa shape index (κ3) is 3.58. The summed E-state index contributed by atoms with van der Waals surface area (Å²) in [4.78, 5) is 0. The topological polar surface area (TPSA) is 29.1 Å². The first-order valence-electron chi connectivity index (χ1n) is 5.30. The molecule has 0 spiro atoms. The first kappa shape index (κ1) is 13.6. The Hall–Kier alpha value is -0.822. The van der Waals surface area contributed by atoms with Gasteiger partial charge in [0.15, 0.2) is 0 Å². The van der Waals surface area contributed by atoms with E-state index in [1.807, 2.05) is 36.4 Å². The number of nitrogens with one attached hydrogen (secondary N) is 1. The van der Waals surface area contributed by atoms with Crippen molar-refractivity contribution >= 4 is 48.9 Å². The number of benzene rings is 2. The normalized spacial score (nSPS) is 10.6. The van der Waals surface area contributed by atoms with Crippen molar-refractivity contribution in [3.05, 3.63) is 58.1 Å². The van der Waals surface area contributed by atoms with Gasteiger partial charge in [0.05, 0.1) is 0 Å². The minimum absolute atomic E-state index is 0.557. The number of halogens is 2. The zero-order chi connectivity index (χ0) is 13.0. The second-order valence-electron chi connectivity index (χ2n) is 3.74. The van der Waals surface area contributed by atoms with Crippen LogP contribution in [0.4, 0.5) is 5.69 Å². The van der Waals surface area contributed by atoms with Crippen LogP contribution in [-0.2, 0) is 10.3 Å². The molecular weight excluding hydrogens is 332 g/mol. The molecule has 1 N–H and O–H groups in total. The molecule has 2 aromatic rings. The van der Waals surface area contributed by atoms with Gasteiger partial charge in [-0.15, -0.1) is 0 Å². The van der Waals surface area contributed by atoms with Gasteiger partial charge in [-0.05, 0) is 0 Å². The van der Waals surface area contributed by atoms with Gasteiger partial charge in [-0.2, -0.15) is 0 Å². The first-order chi connectivity index (χ1) is 8.69. The van der Waals surface area contributed by atoms with E-state index in [9.17, 15) is 3.74 Å². The molecule has 0 saturated heterocycles. The summed E-state index contributed by atoms with van der Waals surface area (Å²) in [6, 6.07) is 13.1. The Morgan fingerprint density at radius 2 is 1.72 bits per heavy atom. The van der Waals surface area contributed by atoms with Gasteiger partial charge in [-0.1, -0.05) is 0 Å². The Morgan fingerprint density at radius 1 is 1.00 bits per heavy atom. The van der Waals surface area contributed by atoms with E-state index in [0.717, 1.165) is 15.6 Å². The Kier molecular flexibility index (Phi) is 4.82. The van der Waals surface area contributed by atoms with Crippen molar-refractivity contribution in [3.8, 4) is 0 Å². The molecule has 5 heteroatoms. The van der Waals surface area contributed by atoms with Crippen LogP contribution in [0.2, 0.25) is 10.0 Å². The molecule has 0 aliphatic carbocycles. The van der Waals surface area contributed by atoms with Gasteiger partial charge in [-0.25, -0.2) is 0 Å². The van der Waals surface area contributed by atoms with E-state index in [0.29, 0.717) is 16.6 Å². The van der Waals surface area contributed by atoms with Gasteiger partial charge >= 0.3 is 123 Å². The van der Waals surface area contributed by atoms with Gasteiger partial charge in [0.25, 0.3) is 0 Å². The maximum absolute atomic E-state index is 10.7. The Balaban J connectivity index is 2.01. The van der Waals surface area contributed by atoms with Gasteiger partial charge in [0.1, 0.15) is 0 Å². The van der Waals surface area contributed by atoms with Crippen molar-refractivity contribution < 1.29 is 3.74 Å². The van der Waals surface area contributed by atoms with Crippen molar-refractivity contribution in [2.45, 2.75) is 6.54 Å². The summed E-state index contributed by atoms with van der Waals surface area (Å²) in [5.41, 5.74) is 2.04. The summed E-state index contributed by atoms with van der Waals surface area (Å²) >= 11 is 10.9. The monoisotopic (exact) mass is 341 g/mol. The van der Waals surface area contributed by atoms with E-state index in [-0.39, 0.29) is 0 Å². The second kappa shape index (κ2) is 6.38. The van der Waals surface area contributed by atoms with Gasteiger partial charge in [0, 0.05) is 0 Å². The van der Waals surface area contributed by atoms with Crippen molar-refractivity contribution in [3.63, 3.8) is 0 Å². The molecule has 0 unspecified atom stereocenters. The molecule has 0 fully saturated rings. The number of hydrogen-bond donors (Lipinski definition) is 1. The SMILES string of the molecule is O=[As]c1ccc(NCc2ccc(Cl)c(Cl)c2)cc1. The third-order valence-electron chi connectivity index (χ3n) is 2.45. The molecule has 0 radical (unpaired) electrons. The third-order valence-corrected chi connectivity index (χ3v) is 4.26. The molecular formula is C13H10AsCl2NO. The van der Waals surface area contributed by atoms with Crippen LogP contribution in [-0.4, -0.2) is 15.7 Å². The average molecular weight is 342 g/mol. The Bertz CT molecular complexity index is 557. The summed E-state index contributed by atoms with van der Waals surface area (Å²) in [5, 5.41) is 4.38. The molecule has 0 heterocycles. The molecule has 0 atom stereocenters. The summed E-state index contributed by atoms with van der Waals surface area (Å²) < 4.78 is 11.6.